The Morgan fingerprint density at radius 1 is 1.16 bits per heavy atom. The standard InChI is InChI=1S/C22H25N6O9P/c1-2-23-22(31)27-18-15-19(25-10-24-18)28(11-26-15)20-17-16(36-21(37-17)12-6-4-3-5-7-12)13(35-20)8-34-38(32,33)9-14(29)30/h3-7,10-11,13,16-17,20-21H,2,8-9H2,1H3,(H,29,30)(H,32,33)(H2,23,24,25,27,31)/p-1/t13-,16+,17+,20-,21+/m1/s1. The van der Waals surface area contributed by atoms with Crippen LogP contribution in [0.25, 0.3) is 11.2 Å². The fourth-order valence-corrected chi connectivity index (χ4v) is 5.10. The Hall–Kier alpha value is -3.46. The summed E-state index contributed by atoms with van der Waals surface area (Å²) in [5.74, 6) is -1.35. The maximum absolute atomic E-state index is 12.1. The highest BCUT2D eigenvalue weighted by molar-refractivity contribution is 7.52. The van der Waals surface area contributed by atoms with E-state index >= 15 is 0 Å². The second kappa shape index (κ2) is 10.7. The average molecular weight is 547 g/mol. The van der Waals surface area contributed by atoms with Crippen molar-refractivity contribution in [3.05, 3.63) is 48.5 Å². The normalized spacial score (nSPS) is 26.1. The molecule has 5 rings (SSSR count). The van der Waals surface area contributed by atoms with Gasteiger partial charge in [-0.3, -0.25) is 14.7 Å². The van der Waals surface area contributed by atoms with Gasteiger partial charge in [-0.2, -0.15) is 0 Å². The summed E-state index contributed by atoms with van der Waals surface area (Å²) >= 11 is 0. The van der Waals surface area contributed by atoms with Crippen LogP contribution in [0.3, 0.4) is 0 Å². The molecule has 2 amide bonds. The number of imidazole rings is 1. The summed E-state index contributed by atoms with van der Waals surface area (Å²) in [6, 6.07) is 8.69. The summed E-state index contributed by atoms with van der Waals surface area (Å²) in [6.45, 7) is 1.71. The number of anilines is 1. The molecular formula is C22H24N6O9P-. The molecule has 38 heavy (non-hydrogen) atoms. The first-order chi connectivity index (χ1) is 18.3. The van der Waals surface area contributed by atoms with Crippen molar-refractivity contribution in [2.24, 2.45) is 0 Å². The first-order valence-corrected chi connectivity index (χ1v) is 13.4. The summed E-state index contributed by atoms with van der Waals surface area (Å²) in [4.78, 5) is 47.7. The molecule has 0 bridgehead atoms. The number of urea groups is 1. The summed E-state index contributed by atoms with van der Waals surface area (Å²) in [5.41, 5.74) is 1.36. The van der Waals surface area contributed by atoms with Crippen molar-refractivity contribution >= 4 is 36.6 Å². The number of carbonyl (C=O) groups excluding carboxylic acids is 1. The number of nitrogens with one attached hydrogen (secondary N) is 2. The summed E-state index contributed by atoms with van der Waals surface area (Å²) in [7, 11) is -4.67. The van der Waals surface area contributed by atoms with Gasteiger partial charge in [-0.05, 0) is 6.92 Å². The number of aliphatic carboxylic acids is 1. The lowest BCUT2D eigenvalue weighted by Gasteiger charge is -2.25. The highest BCUT2D eigenvalue weighted by atomic mass is 31.2. The van der Waals surface area contributed by atoms with E-state index in [1.807, 2.05) is 30.3 Å². The largest absolute Gasteiger partial charge is 0.778 e. The van der Waals surface area contributed by atoms with Crippen LogP contribution in [0.5, 0.6) is 0 Å². The van der Waals surface area contributed by atoms with Crippen LogP contribution < -0.4 is 15.5 Å². The summed E-state index contributed by atoms with van der Waals surface area (Å²) in [6.07, 6.45) is -2.52. The van der Waals surface area contributed by atoms with Gasteiger partial charge in [0.05, 0.1) is 12.9 Å². The van der Waals surface area contributed by atoms with Gasteiger partial charge in [0.1, 0.15) is 38.4 Å². The molecule has 0 radical (unpaired) electrons. The first kappa shape index (κ1) is 26.2. The van der Waals surface area contributed by atoms with Crippen LogP contribution in [0.2, 0.25) is 0 Å². The molecule has 15 nitrogen and oxygen atoms in total. The third-order valence-corrected chi connectivity index (χ3v) is 7.09. The predicted octanol–water partition coefficient (Wildman–Crippen LogP) is 1.00. The molecule has 0 spiro atoms. The zero-order valence-electron chi connectivity index (χ0n) is 20.0. The van der Waals surface area contributed by atoms with Crippen molar-refractivity contribution in [2.45, 2.75) is 37.8 Å². The number of fused-ring (bicyclic) bond motifs is 2. The van der Waals surface area contributed by atoms with Crippen molar-refractivity contribution in [3.8, 4) is 0 Å². The quantitative estimate of drug-likeness (QED) is 0.322. The highest BCUT2D eigenvalue weighted by Crippen LogP contribution is 2.46. The Morgan fingerprint density at radius 2 is 1.92 bits per heavy atom. The van der Waals surface area contributed by atoms with E-state index in [0.717, 1.165) is 5.56 Å². The van der Waals surface area contributed by atoms with Crippen molar-refractivity contribution in [1.82, 2.24) is 24.8 Å². The van der Waals surface area contributed by atoms with Gasteiger partial charge in [0.25, 0.3) is 0 Å². The molecular weight excluding hydrogens is 523 g/mol. The molecule has 2 aliphatic rings. The minimum absolute atomic E-state index is 0.181. The number of amides is 2. The van der Waals surface area contributed by atoms with E-state index in [1.54, 1.807) is 11.5 Å². The van der Waals surface area contributed by atoms with E-state index in [1.165, 1.54) is 12.7 Å². The van der Waals surface area contributed by atoms with Crippen LogP contribution in [0.1, 0.15) is 25.0 Å². The number of nitrogens with zero attached hydrogens (tertiary/aromatic N) is 4. The molecule has 6 atom stereocenters. The second-order valence-electron chi connectivity index (χ2n) is 8.50. The lowest BCUT2D eigenvalue weighted by Crippen LogP contribution is -2.32. The van der Waals surface area contributed by atoms with Gasteiger partial charge < -0.3 is 38.6 Å². The molecule has 202 valence electrons. The van der Waals surface area contributed by atoms with Crippen molar-refractivity contribution in [2.75, 3.05) is 24.6 Å². The summed E-state index contributed by atoms with van der Waals surface area (Å²) in [5, 5.41) is 14.1. The van der Waals surface area contributed by atoms with Crippen LogP contribution in [-0.4, -0.2) is 74.3 Å². The smallest absolute Gasteiger partial charge is 0.320 e. The molecule has 1 unspecified atom stereocenters. The zero-order valence-corrected chi connectivity index (χ0v) is 20.9. The number of benzene rings is 1. The van der Waals surface area contributed by atoms with E-state index in [-0.39, 0.29) is 5.82 Å². The van der Waals surface area contributed by atoms with Crippen LogP contribution >= 0.6 is 7.60 Å². The summed E-state index contributed by atoms with van der Waals surface area (Å²) < 4.78 is 37.0. The minimum atomic E-state index is -4.67. The molecule has 2 aliphatic heterocycles. The lowest BCUT2D eigenvalue weighted by molar-refractivity contribution is -0.204. The van der Waals surface area contributed by atoms with E-state index < -0.39 is 63.2 Å². The molecule has 0 aliphatic carbocycles. The number of hydrogen-bond donors (Lipinski definition) is 3. The first-order valence-electron chi connectivity index (χ1n) is 11.7. The molecule has 1 aromatic carbocycles. The van der Waals surface area contributed by atoms with E-state index in [0.29, 0.717) is 17.7 Å². The van der Waals surface area contributed by atoms with Crippen LogP contribution in [0, 0.1) is 0 Å². The molecule has 2 fully saturated rings. The van der Waals surface area contributed by atoms with Crippen molar-refractivity contribution in [1.29, 1.82) is 0 Å². The van der Waals surface area contributed by atoms with Crippen LogP contribution in [0.4, 0.5) is 10.6 Å². The Balaban J connectivity index is 1.43. The Morgan fingerprint density at radius 3 is 2.66 bits per heavy atom. The third-order valence-electron chi connectivity index (χ3n) is 5.89. The van der Waals surface area contributed by atoms with Gasteiger partial charge in [-0.1, -0.05) is 30.3 Å². The number of aromatic nitrogens is 4. The fraction of sp³-hybridized carbons (Fsp3) is 0.409. The molecule has 16 heteroatoms. The average Bonchev–Trinajstić information content (AvgIpc) is 3.57. The predicted molar refractivity (Wildman–Crippen MR) is 127 cm³/mol. The van der Waals surface area contributed by atoms with Crippen LogP contribution in [-0.2, 0) is 28.1 Å². The zero-order chi connectivity index (χ0) is 26.9. The number of carboxylic acids is 1. The number of ether oxygens (including phenoxy) is 3. The molecule has 2 saturated heterocycles. The maximum atomic E-state index is 12.1. The number of carbonyl (C=O) groups is 2. The van der Waals surface area contributed by atoms with Gasteiger partial charge in [0.2, 0.25) is 0 Å². The van der Waals surface area contributed by atoms with E-state index in [2.05, 4.69) is 25.6 Å². The van der Waals surface area contributed by atoms with Gasteiger partial charge in [0.15, 0.2) is 29.5 Å². The van der Waals surface area contributed by atoms with E-state index in [9.17, 15) is 19.0 Å². The van der Waals surface area contributed by atoms with Gasteiger partial charge >= 0.3 is 12.0 Å². The Kier molecular flexibility index (Phi) is 7.38. The minimum Gasteiger partial charge on any atom is -0.778 e. The van der Waals surface area contributed by atoms with Crippen molar-refractivity contribution in [3.63, 3.8) is 0 Å². The number of hydrogen-bond acceptors (Lipinski definition) is 11. The topological polar surface area (TPSA) is 199 Å². The monoisotopic (exact) mass is 547 g/mol. The molecule has 2 aromatic heterocycles. The van der Waals surface area contributed by atoms with Gasteiger partial charge in [0, 0.05) is 12.1 Å². The number of rotatable bonds is 9. The third kappa shape index (κ3) is 5.38. The molecule has 3 aromatic rings. The molecule has 3 N–H and O–H groups in total. The van der Waals surface area contributed by atoms with Crippen molar-refractivity contribution < 1.29 is 42.9 Å². The number of carboxylic acid groups (broad SMARTS) is 1. The highest BCUT2D eigenvalue weighted by Gasteiger charge is 2.54. The Labute approximate surface area is 215 Å². The fourth-order valence-electron chi connectivity index (χ4n) is 4.30. The molecule has 0 saturated carbocycles. The Bertz CT molecular complexity index is 1370. The van der Waals surface area contributed by atoms with Crippen LogP contribution in [0.15, 0.2) is 43.0 Å². The van der Waals surface area contributed by atoms with Gasteiger partial charge in [-0.25, -0.2) is 19.7 Å². The van der Waals surface area contributed by atoms with E-state index in [4.69, 9.17) is 23.8 Å². The maximum Gasteiger partial charge on any atom is 0.320 e. The second-order valence-corrected chi connectivity index (χ2v) is 10.3. The van der Waals surface area contributed by atoms with Gasteiger partial charge in [-0.15, -0.1) is 0 Å². The molecule has 4 heterocycles. The SMILES string of the molecule is CCNC(=O)Nc1ncnc2c1ncn2[C@@H]1O[C@H](COP(=O)([O-])CC(=O)O)[C@@H]2O[C@H](c3ccccc3)O[C@@H]21. The lowest BCUT2D eigenvalue weighted by atomic mass is 10.1.